The lowest BCUT2D eigenvalue weighted by Gasteiger charge is -2.05. The van der Waals surface area contributed by atoms with Gasteiger partial charge in [-0.1, -0.05) is 23.7 Å². The van der Waals surface area contributed by atoms with Gasteiger partial charge in [-0.05, 0) is 30.5 Å². The Morgan fingerprint density at radius 3 is 3.08 bits per heavy atom. The van der Waals surface area contributed by atoms with Crippen molar-refractivity contribution in [3.05, 3.63) is 29.3 Å². The quantitative estimate of drug-likeness (QED) is 0.541. The molecule has 1 aliphatic heterocycles. The standard InChI is InChI=1S/C10H12BN/c11-10-4-3-9-7-12-5-1-2-8(9)6-10/h3-4,6,12H,1-2,5,7H2. The van der Waals surface area contributed by atoms with Gasteiger partial charge in [0.15, 0.2) is 0 Å². The predicted molar refractivity (Wildman–Crippen MR) is 51.9 cm³/mol. The van der Waals surface area contributed by atoms with Gasteiger partial charge < -0.3 is 5.32 Å². The molecule has 1 heterocycles. The maximum Gasteiger partial charge on any atom is 0.113 e. The largest absolute Gasteiger partial charge is 0.313 e. The van der Waals surface area contributed by atoms with Crippen molar-refractivity contribution in [3.63, 3.8) is 0 Å². The van der Waals surface area contributed by atoms with Gasteiger partial charge in [-0.2, -0.15) is 0 Å². The summed E-state index contributed by atoms with van der Waals surface area (Å²) in [5, 5.41) is 3.38. The van der Waals surface area contributed by atoms with Crippen LogP contribution in [0.5, 0.6) is 0 Å². The highest BCUT2D eigenvalue weighted by molar-refractivity contribution is 6.32. The Morgan fingerprint density at radius 2 is 2.17 bits per heavy atom. The zero-order valence-corrected chi connectivity index (χ0v) is 7.14. The maximum atomic E-state index is 5.71. The van der Waals surface area contributed by atoms with Gasteiger partial charge in [0, 0.05) is 6.54 Å². The van der Waals surface area contributed by atoms with Crippen molar-refractivity contribution in [1.82, 2.24) is 5.32 Å². The van der Waals surface area contributed by atoms with E-state index in [0.717, 1.165) is 25.0 Å². The zero-order valence-electron chi connectivity index (χ0n) is 7.14. The summed E-state index contributed by atoms with van der Waals surface area (Å²) in [5.41, 5.74) is 3.71. The van der Waals surface area contributed by atoms with Crippen LogP contribution in [0.25, 0.3) is 0 Å². The van der Waals surface area contributed by atoms with Crippen molar-refractivity contribution in [2.45, 2.75) is 19.4 Å². The van der Waals surface area contributed by atoms with Crippen molar-refractivity contribution < 1.29 is 0 Å². The molecule has 1 aliphatic rings. The molecule has 0 atom stereocenters. The van der Waals surface area contributed by atoms with Crippen molar-refractivity contribution in [2.24, 2.45) is 0 Å². The maximum absolute atomic E-state index is 5.71. The summed E-state index contributed by atoms with van der Waals surface area (Å²) in [5.74, 6) is 0. The lowest BCUT2D eigenvalue weighted by atomic mass is 9.91. The summed E-state index contributed by atoms with van der Waals surface area (Å²) < 4.78 is 0. The Kier molecular flexibility index (Phi) is 2.18. The first-order valence-electron chi connectivity index (χ1n) is 4.44. The summed E-state index contributed by atoms with van der Waals surface area (Å²) in [6.07, 6.45) is 2.38. The summed E-state index contributed by atoms with van der Waals surface area (Å²) in [6, 6.07) is 6.21. The third-order valence-corrected chi connectivity index (χ3v) is 2.35. The van der Waals surface area contributed by atoms with E-state index in [1.807, 2.05) is 6.07 Å². The minimum Gasteiger partial charge on any atom is -0.313 e. The number of rotatable bonds is 0. The number of hydrogen-bond acceptors (Lipinski definition) is 1. The number of nitrogens with one attached hydrogen (secondary N) is 1. The molecular formula is C10H12BN. The van der Waals surface area contributed by atoms with Gasteiger partial charge in [0.2, 0.25) is 0 Å². The van der Waals surface area contributed by atoms with Crippen LogP contribution in [-0.4, -0.2) is 14.4 Å². The van der Waals surface area contributed by atoms with E-state index in [0.29, 0.717) is 0 Å². The molecule has 2 heteroatoms. The van der Waals surface area contributed by atoms with Crippen LogP contribution in [0.3, 0.4) is 0 Å². The van der Waals surface area contributed by atoms with Crippen molar-refractivity contribution in [3.8, 4) is 0 Å². The fourth-order valence-electron chi connectivity index (χ4n) is 1.68. The fourth-order valence-corrected chi connectivity index (χ4v) is 1.68. The first kappa shape index (κ1) is 7.87. The molecule has 0 saturated heterocycles. The van der Waals surface area contributed by atoms with Crippen molar-refractivity contribution >= 4 is 13.3 Å². The average Bonchev–Trinajstić information content (AvgIpc) is 2.28. The van der Waals surface area contributed by atoms with E-state index < -0.39 is 0 Å². The molecule has 2 rings (SSSR count). The molecule has 2 radical (unpaired) electrons. The van der Waals surface area contributed by atoms with Gasteiger partial charge in [-0.3, -0.25) is 0 Å². The fraction of sp³-hybridized carbons (Fsp3) is 0.400. The molecule has 0 spiro atoms. The predicted octanol–water partition coefficient (Wildman–Crippen LogP) is 0.516. The van der Waals surface area contributed by atoms with Crippen LogP contribution in [0.1, 0.15) is 17.5 Å². The number of aryl methyl sites for hydroxylation is 1. The van der Waals surface area contributed by atoms with Gasteiger partial charge in [0.1, 0.15) is 7.85 Å². The Hall–Kier alpha value is -0.755. The lowest BCUT2D eigenvalue weighted by Crippen LogP contribution is -2.12. The second-order valence-electron chi connectivity index (χ2n) is 3.31. The summed E-state index contributed by atoms with van der Waals surface area (Å²) >= 11 is 0. The molecule has 1 aromatic carbocycles. The zero-order chi connectivity index (χ0) is 8.39. The molecule has 0 unspecified atom stereocenters. The van der Waals surface area contributed by atoms with E-state index in [1.165, 1.54) is 17.5 Å². The monoisotopic (exact) mass is 157 g/mol. The van der Waals surface area contributed by atoms with E-state index in [9.17, 15) is 0 Å². The van der Waals surface area contributed by atoms with Crippen LogP contribution < -0.4 is 10.8 Å². The first-order chi connectivity index (χ1) is 5.86. The van der Waals surface area contributed by atoms with Crippen LogP contribution >= 0.6 is 0 Å². The van der Waals surface area contributed by atoms with Crippen LogP contribution in [0, 0.1) is 0 Å². The Morgan fingerprint density at radius 1 is 1.25 bits per heavy atom. The Bertz CT molecular complexity index is 283. The molecule has 1 nitrogen and oxygen atoms in total. The normalized spacial score (nSPS) is 16.7. The summed E-state index contributed by atoms with van der Waals surface area (Å²) in [7, 11) is 5.71. The van der Waals surface area contributed by atoms with Crippen LogP contribution in [-0.2, 0) is 13.0 Å². The molecule has 1 N–H and O–H groups in total. The second kappa shape index (κ2) is 3.32. The van der Waals surface area contributed by atoms with Crippen LogP contribution in [0.15, 0.2) is 18.2 Å². The number of benzene rings is 1. The van der Waals surface area contributed by atoms with Crippen molar-refractivity contribution in [1.29, 1.82) is 0 Å². The molecule has 0 fully saturated rings. The van der Waals surface area contributed by atoms with E-state index in [4.69, 9.17) is 7.85 Å². The summed E-state index contributed by atoms with van der Waals surface area (Å²) in [6.45, 7) is 2.12. The minimum atomic E-state index is 0.885. The molecule has 12 heavy (non-hydrogen) atoms. The Labute approximate surface area is 74.6 Å². The van der Waals surface area contributed by atoms with Gasteiger partial charge in [0.25, 0.3) is 0 Å². The Balaban J connectivity index is 2.36. The van der Waals surface area contributed by atoms with E-state index >= 15 is 0 Å². The molecule has 60 valence electrons. The van der Waals surface area contributed by atoms with Gasteiger partial charge in [-0.15, -0.1) is 0 Å². The second-order valence-corrected chi connectivity index (χ2v) is 3.31. The summed E-state index contributed by atoms with van der Waals surface area (Å²) in [4.78, 5) is 0. The number of hydrogen-bond donors (Lipinski definition) is 1. The van der Waals surface area contributed by atoms with Gasteiger partial charge >= 0.3 is 0 Å². The van der Waals surface area contributed by atoms with Crippen LogP contribution in [0.2, 0.25) is 0 Å². The van der Waals surface area contributed by atoms with Gasteiger partial charge in [-0.25, -0.2) is 0 Å². The average molecular weight is 157 g/mol. The molecule has 0 amide bonds. The van der Waals surface area contributed by atoms with Crippen LogP contribution in [0.4, 0.5) is 0 Å². The molecule has 0 aliphatic carbocycles. The number of fused-ring (bicyclic) bond motifs is 1. The smallest absolute Gasteiger partial charge is 0.113 e. The highest BCUT2D eigenvalue weighted by Crippen LogP contribution is 2.11. The highest BCUT2D eigenvalue weighted by Gasteiger charge is 2.05. The molecule has 0 aromatic heterocycles. The molecule has 1 aromatic rings. The van der Waals surface area contributed by atoms with E-state index in [2.05, 4.69) is 17.4 Å². The van der Waals surface area contributed by atoms with E-state index in [1.54, 1.807) is 0 Å². The van der Waals surface area contributed by atoms with Gasteiger partial charge in [0.05, 0.1) is 0 Å². The minimum absolute atomic E-state index is 0.885. The third kappa shape index (κ3) is 1.53. The first-order valence-corrected chi connectivity index (χ1v) is 4.44. The lowest BCUT2D eigenvalue weighted by molar-refractivity contribution is 0.681. The molecule has 0 bridgehead atoms. The third-order valence-electron chi connectivity index (χ3n) is 2.35. The molecule has 0 saturated carbocycles. The topological polar surface area (TPSA) is 12.0 Å². The SMILES string of the molecule is [B]c1ccc2c(c1)CCCNC2. The van der Waals surface area contributed by atoms with Crippen molar-refractivity contribution in [2.75, 3.05) is 6.54 Å². The molecular weight excluding hydrogens is 145 g/mol. The van der Waals surface area contributed by atoms with E-state index in [-0.39, 0.29) is 0 Å². The highest BCUT2D eigenvalue weighted by atomic mass is 14.8.